The molecule has 120 valence electrons. The Morgan fingerprint density at radius 1 is 1.43 bits per heavy atom. The fraction of sp³-hybridized carbons (Fsp3) is 0.786. The fourth-order valence-electron chi connectivity index (χ4n) is 2.79. The topological polar surface area (TPSA) is 86.9 Å². The number of aromatic nitrogens is 2. The van der Waals surface area contributed by atoms with Crippen molar-refractivity contribution >= 4 is 10.0 Å². The van der Waals surface area contributed by atoms with Gasteiger partial charge in [0.05, 0.1) is 6.20 Å². The third-order valence-electron chi connectivity index (χ3n) is 3.91. The highest BCUT2D eigenvalue weighted by Crippen LogP contribution is 2.25. The summed E-state index contributed by atoms with van der Waals surface area (Å²) in [5.74, 6) is 0.579. The fourth-order valence-corrected chi connectivity index (χ4v) is 4.21. The summed E-state index contributed by atoms with van der Waals surface area (Å²) < 4.78 is 27.9. The lowest BCUT2D eigenvalue weighted by molar-refractivity contribution is 0.327. The van der Waals surface area contributed by atoms with Crippen LogP contribution < -0.4 is 10.0 Å². The summed E-state index contributed by atoms with van der Waals surface area (Å²) in [6.45, 7) is 6.71. The third-order valence-corrected chi connectivity index (χ3v) is 5.44. The molecule has 0 aromatic carbocycles. The molecule has 1 aromatic heterocycles. The van der Waals surface area contributed by atoms with Crippen molar-refractivity contribution in [3.8, 4) is 0 Å². The van der Waals surface area contributed by atoms with Crippen LogP contribution in [0.3, 0.4) is 0 Å². The zero-order chi connectivity index (χ0) is 15.5. The van der Waals surface area contributed by atoms with Crippen molar-refractivity contribution in [3.05, 3.63) is 11.8 Å². The maximum absolute atomic E-state index is 12.5. The summed E-state index contributed by atoms with van der Waals surface area (Å²) in [6, 6.07) is 0.329. The Bertz CT molecular complexity index is 553. The Balaban J connectivity index is 2.07. The van der Waals surface area contributed by atoms with E-state index in [-0.39, 0.29) is 11.1 Å². The predicted octanol–water partition coefficient (Wildman–Crippen LogP) is 1.76. The van der Waals surface area contributed by atoms with Crippen LogP contribution in [0.5, 0.6) is 0 Å². The van der Waals surface area contributed by atoms with Gasteiger partial charge in [0, 0.05) is 24.2 Å². The van der Waals surface area contributed by atoms with E-state index in [2.05, 4.69) is 27.2 Å². The molecule has 1 heterocycles. The number of nitrogens with one attached hydrogen (secondary N) is 3. The van der Waals surface area contributed by atoms with Gasteiger partial charge < -0.3 is 5.32 Å². The zero-order valence-corrected chi connectivity index (χ0v) is 13.8. The molecule has 3 N–H and O–H groups in total. The Labute approximate surface area is 127 Å². The van der Waals surface area contributed by atoms with Crippen LogP contribution >= 0.6 is 0 Å². The van der Waals surface area contributed by atoms with Crippen LogP contribution in [0.15, 0.2) is 11.2 Å². The summed E-state index contributed by atoms with van der Waals surface area (Å²) in [5, 5.41) is 9.93. The molecule has 21 heavy (non-hydrogen) atoms. The molecule has 2 atom stereocenters. The average molecular weight is 314 g/mol. The van der Waals surface area contributed by atoms with Crippen LogP contribution in [0.2, 0.25) is 0 Å². The van der Waals surface area contributed by atoms with Crippen LogP contribution in [0.25, 0.3) is 0 Å². The first kappa shape index (κ1) is 16.5. The largest absolute Gasteiger partial charge is 0.310 e. The van der Waals surface area contributed by atoms with Crippen molar-refractivity contribution in [2.75, 3.05) is 0 Å². The molecule has 0 amide bonds. The van der Waals surface area contributed by atoms with E-state index < -0.39 is 10.0 Å². The van der Waals surface area contributed by atoms with E-state index in [0.29, 0.717) is 24.1 Å². The van der Waals surface area contributed by atoms with Gasteiger partial charge in [0.25, 0.3) is 10.0 Å². The van der Waals surface area contributed by atoms with Crippen LogP contribution in [0, 0.1) is 5.92 Å². The standard InChI is InChI=1S/C14H26N4O2S/c1-10(2)15-8-12-9-16-17-14(12)21(19,20)18-13-6-4-5-11(3)7-13/h9-11,13,15,18H,4-8H2,1-3H3,(H,16,17). The first-order chi connectivity index (χ1) is 9.88. The van der Waals surface area contributed by atoms with Crippen molar-refractivity contribution in [2.24, 2.45) is 5.92 Å². The molecule has 1 aliphatic rings. The zero-order valence-electron chi connectivity index (χ0n) is 13.0. The first-order valence-electron chi connectivity index (χ1n) is 7.66. The SMILES string of the molecule is CC1CCCC(NS(=O)(=O)c2[nH]ncc2CNC(C)C)C1. The van der Waals surface area contributed by atoms with Gasteiger partial charge in [0.1, 0.15) is 0 Å². The molecule has 1 saturated carbocycles. The Morgan fingerprint density at radius 2 is 2.19 bits per heavy atom. The molecular weight excluding hydrogens is 288 g/mol. The monoisotopic (exact) mass is 314 g/mol. The molecule has 0 spiro atoms. The molecule has 7 heteroatoms. The average Bonchev–Trinajstić information content (AvgIpc) is 2.85. The van der Waals surface area contributed by atoms with Gasteiger partial charge in [0.2, 0.25) is 0 Å². The highest BCUT2D eigenvalue weighted by atomic mass is 32.2. The lowest BCUT2D eigenvalue weighted by atomic mass is 9.88. The molecule has 2 unspecified atom stereocenters. The van der Waals surface area contributed by atoms with Crippen LogP contribution in [-0.2, 0) is 16.6 Å². The van der Waals surface area contributed by atoms with Crippen molar-refractivity contribution in [1.82, 2.24) is 20.2 Å². The van der Waals surface area contributed by atoms with Crippen molar-refractivity contribution in [2.45, 2.75) is 70.1 Å². The van der Waals surface area contributed by atoms with Crippen LogP contribution in [0.1, 0.15) is 52.0 Å². The van der Waals surface area contributed by atoms with E-state index in [1.807, 2.05) is 13.8 Å². The van der Waals surface area contributed by atoms with Gasteiger partial charge in [-0.3, -0.25) is 5.10 Å². The minimum absolute atomic E-state index is 0.0351. The minimum Gasteiger partial charge on any atom is -0.310 e. The van der Waals surface area contributed by atoms with E-state index in [0.717, 1.165) is 19.3 Å². The molecule has 0 bridgehead atoms. The normalized spacial score (nSPS) is 23.6. The number of sulfonamides is 1. The number of hydrogen-bond donors (Lipinski definition) is 3. The van der Waals surface area contributed by atoms with Crippen molar-refractivity contribution in [1.29, 1.82) is 0 Å². The molecular formula is C14H26N4O2S. The smallest absolute Gasteiger partial charge is 0.258 e. The van der Waals surface area contributed by atoms with Gasteiger partial charge in [-0.2, -0.15) is 5.10 Å². The molecule has 6 nitrogen and oxygen atoms in total. The molecule has 1 aliphatic carbocycles. The second-order valence-electron chi connectivity index (χ2n) is 6.35. The number of nitrogens with zero attached hydrogens (tertiary/aromatic N) is 1. The second-order valence-corrected chi connectivity index (χ2v) is 8.00. The molecule has 1 aromatic rings. The summed E-state index contributed by atoms with van der Waals surface area (Å²) in [7, 11) is -3.53. The number of hydrogen-bond acceptors (Lipinski definition) is 4. The van der Waals surface area contributed by atoms with Crippen molar-refractivity contribution < 1.29 is 8.42 Å². The molecule has 0 radical (unpaired) electrons. The van der Waals surface area contributed by atoms with Gasteiger partial charge in [-0.15, -0.1) is 0 Å². The Hall–Kier alpha value is -0.920. The first-order valence-corrected chi connectivity index (χ1v) is 9.14. The van der Waals surface area contributed by atoms with E-state index in [4.69, 9.17) is 0 Å². The number of aromatic amines is 1. The minimum atomic E-state index is -3.53. The van der Waals surface area contributed by atoms with Crippen molar-refractivity contribution in [3.63, 3.8) is 0 Å². The summed E-state index contributed by atoms with van der Waals surface area (Å²) in [5.41, 5.74) is 0.681. The van der Waals surface area contributed by atoms with Crippen LogP contribution in [0.4, 0.5) is 0 Å². The van der Waals surface area contributed by atoms with Gasteiger partial charge >= 0.3 is 0 Å². The maximum Gasteiger partial charge on any atom is 0.258 e. The Morgan fingerprint density at radius 3 is 2.86 bits per heavy atom. The second kappa shape index (κ2) is 6.89. The third kappa shape index (κ3) is 4.52. The van der Waals surface area contributed by atoms with E-state index in [1.54, 1.807) is 6.20 Å². The van der Waals surface area contributed by atoms with Crippen LogP contribution in [-0.4, -0.2) is 30.7 Å². The number of H-pyrrole nitrogens is 1. The predicted molar refractivity (Wildman–Crippen MR) is 82.3 cm³/mol. The molecule has 2 rings (SSSR count). The summed E-state index contributed by atoms with van der Waals surface area (Å²) in [6.07, 6.45) is 5.67. The molecule has 0 saturated heterocycles. The van der Waals surface area contributed by atoms with Gasteiger partial charge in [0.15, 0.2) is 5.03 Å². The summed E-state index contributed by atoms with van der Waals surface area (Å²) >= 11 is 0. The molecule has 0 aliphatic heterocycles. The van der Waals surface area contributed by atoms with Gasteiger partial charge in [-0.05, 0) is 18.8 Å². The molecule has 1 fully saturated rings. The maximum atomic E-state index is 12.5. The van der Waals surface area contributed by atoms with Gasteiger partial charge in [-0.1, -0.05) is 33.6 Å². The number of rotatable bonds is 6. The van der Waals surface area contributed by atoms with E-state index in [1.165, 1.54) is 6.42 Å². The lowest BCUT2D eigenvalue weighted by Crippen LogP contribution is -2.38. The summed E-state index contributed by atoms with van der Waals surface area (Å²) in [4.78, 5) is 0. The van der Waals surface area contributed by atoms with E-state index >= 15 is 0 Å². The quantitative estimate of drug-likeness (QED) is 0.747. The van der Waals surface area contributed by atoms with E-state index in [9.17, 15) is 8.42 Å². The highest BCUT2D eigenvalue weighted by molar-refractivity contribution is 7.89. The van der Waals surface area contributed by atoms with Gasteiger partial charge in [-0.25, -0.2) is 13.1 Å². The lowest BCUT2D eigenvalue weighted by Gasteiger charge is -2.27. The highest BCUT2D eigenvalue weighted by Gasteiger charge is 2.27. The Kier molecular flexibility index (Phi) is 5.40.